The Hall–Kier alpha value is -3.50. The maximum Gasteiger partial charge on any atom is 0.286 e. The minimum absolute atomic E-state index is 0.00863. The Balaban J connectivity index is 1.71. The number of aromatic hydroxyl groups is 1. The maximum atomic E-state index is 13.7. The number of hydrogen-bond donors (Lipinski definition) is 2. The summed E-state index contributed by atoms with van der Waals surface area (Å²) in [7, 11) is -4.06. The molecule has 0 aliphatic carbocycles. The van der Waals surface area contributed by atoms with E-state index in [4.69, 9.17) is 0 Å². The molecule has 0 atom stereocenters. The normalized spacial score (nSPS) is 15.0. The van der Waals surface area contributed by atoms with Crippen LogP contribution in [0.1, 0.15) is 36.1 Å². The largest absolute Gasteiger partial charge is 0.506 e. The van der Waals surface area contributed by atoms with E-state index < -0.39 is 15.6 Å². The van der Waals surface area contributed by atoms with Gasteiger partial charge in [-0.3, -0.25) is 9.36 Å². The van der Waals surface area contributed by atoms with Crippen molar-refractivity contribution < 1.29 is 13.5 Å². The van der Waals surface area contributed by atoms with Gasteiger partial charge in [-0.1, -0.05) is 32.9 Å². The highest BCUT2D eigenvalue weighted by Gasteiger charge is 2.30. The van der Waals surface area contributed by atoms with Crippen LogP contribution < -0.4 is 10.9 Å². The number of nitrogens with one attached hydrogen (secondary N) is 1. The maximum absolute atomic E-state index is 13.7. The van der Waals surface area contributed by atoms with Crippen LogP contribution in [0.5, 0.6) is 5.75 Å². The van der Waals surface area contributed by atoms with Crippen molar-refractivity contribution in [3.05, 3.63) is 80.4 Å². The number of pyridine rings is 2. The van der Waals surface area contributed by atoms with Gasteiger partial charge in [0.25, 0.3) is 15.6 Å². The Morgan fingerprint density at radius 2 is 1.85 bits per heavy atom. The predicted octanol–water partition coefficient (Wildman–Crippen LogP) is 4.07. The van der Waals surface area contributed by atoms with Gasteiger partial charge in [-0.15, -0.1) is 15.7 Å². The molecule has 0 spiro atoms. The predicted molar refractivity (Wildman–Crippen MR) is 134 cm³/mol. The third-order valence-electron chi connectivity index (χ3n) is 5.57. The Morgan fingerprint density at radius 1 is 1.09 bits per heavy atom. The molecule has 8 nitrogen and oxygen atoms in total. The highest BCUT2D eigenvalue weighted by atomic mass is 32.2. The molecule has 0 unspecified atom stereocenters. The lowest BCUT2D eigenvalue weighted by atomic mass is 9.95. The van der Waals surface area contributed by atoms with Gasteiger partial charge in [-0.05, 0) is 41.8 Å². The molecule has 1 aliphatic heterocycles. The van der Waals surface area contributed by atoms with E-state index in [9.17, 15) is 18.3 Å². The average molecular weight is 495 g/mol. The summed E-state index contributed by atoms with van der Waals surface area (Å²) in [6.45, 7) is 6.58. The van der Waals surface area contributed by atoms with Crippen LogP contribution in [0.15, 0.2) is 68.8 Å². The van der Waals surface area contributed by atoms with Crippen LogP contribution in [0.2, 0.25) is 0 Å². The van der Waals surface area contributed by atoms with Crippen molar-refractivity contribution in [2.24, 2.45) is 4.40 Å². The summed E-state index contributed by atoms with van der Waals surface area (Å²) in [5, 5.41) is 14.3. The molecule has 0 radical (unpaired) electrons. The summed E-state index contributed by atoms with van der Waals surface area (Å²) >= 11 is 1.60. The van der Waals surface area contributed by atoms with Gasteiger partial charge in [0.05, 0.1) is 17.6 Å². The summed E-state index contributed by atoms with van der Waals surface area (Å²) in [6, 6.07) is 13.6. The van der Waals surface area contributed by atoms with Gasteiger partial charge in [0.2, 0.25) is 0 Å². The Kier molecular flexibility index (Phi) is 5.10. The van der Waals surface area contributed by atoms with Crippen molar-refractivity contribution in [1.29, 1.82) is 0 Å². The summed E-state index contributed by atoms with van der Waals surface area (Å²) in [5.74, 6) is -0.589. The summed E-state index contributed by atoms with van der Waals surface area (Å²) in [6.07, 6.45) is 1.55. The molecule has 0 saturated heterocycles. The number of benzene rings is 1. The Morgan fingerprint density at radius 3 is 2.59 bits per heavy atom. The van der Waals surface area contributed by atoms with E-state index in [0.29, 0.717) is 11.0 Å². The molecule has 174 valence electrons. The third-order valence-corrected chi connectivity index (χ3v) is 8.40. The number of rotatable bonds is 3. The van der Waals surface area contributed by atoms with Crippen LogP contribution in [0.4, 0.5) is 5.69 Å². The summed E-state index contributed by atoms with van der Waals surface area (Å²) in [4.78, 5) is 20.1. The Labute approximate surface area is 200 Å². The number of para-hydroxylation sites is 1. The van der Waals surface area contributed by atoms with Crippen LogP contribution in [-0.2, 0) is 22.0 Å². The monoisotopic (exact) mass is 494 g/mol. The molecule has 2 N–H and O–H groups in total. The van der Waals surface area contributed by atoms with Gasteiger partial charge in [0, 0.05) is 16.0 Å². The number of sulfonamides is 1. The second-order valence-corrected chi connectivity index (χ2v) is 11.8. The average Bonchev–Trinajstić information content (AvgIpc) is 3.26. The van der Waals surface area contributed by atoms with Crippen molar-refractivity contribution in [2.75, 3.05) is 5.32 Å². The lowest BCUT2D eigenvalue weighted by Crippen LogP contribution is -2.33. The minimum atomic E-state index is -4.06. The van der Waals surface area contributed by atoms with Crippen molar-refractivity contribution in [2.45, 2.75) is 37.6 Å². The van der Waals surface area contributed by atoms with E-state index in [2.05, 4.69) is 35.5 Å². The standard InChI is InChI=1S/C24H22N4O4S2/c1-24(2,3)18-11-10-14(33-18)13-28-22-15(7-6-12-25-22)20(29)19(23(28)30)21-26-16-8-4-5-9-17(16)34(31,32)27-21/h4-12,29H,13H2,1-3H3,(H,26,27). The highest BCUT2D eigenvalue weighted by molar-refractivity contribution is 7.90. The number of anilines is 1. The van der Waals surface area contributed by atoms with Gasteiger partial charge in [-0.2, -0.15) is 8.42 Å². The molecule has 10 heteroatoms. The van der Waals surface area contributed by atoms with Crippen molar-refractivity contribution >= 4 is 43.9 Å². The van der Waals surface area contributed by atoms with E-state index >= 15 is 0 Å². The van der Waals surface area contributed by atoms with E-state index in [1.807, 2.05) is 12.1 Å². The minimum Gasteiger partial charge on any atom is -0.506 e. The molecule has 0 bridgehead atoms. The van der Waals surface area contributed by atoms with Crippen LogP contribution in [0.25, 0.3) is 11.0 Å². The Bertz CT molecular complexity index is 1640. The first-order chi connectivity index (χ1) is 16.1. The molecule has 4 aromatic rings. The second kappa shape index (κ2) is 7.78. The second-order valence-electron chi connectivity index (χ2n) is 9.04. The van der Waals surface area contributed by atoms with Crippen LogP contribution >= 0.6 is 11.3 Å². The number of hydrogen-bond acceptors (Lipinski definition) is 7. The fourth-order valence-corrected chi connectivity index (χ4v) is 6.05. The molecular weight excluding hydrogens is 472 g/mol. The quantitative estimate of drug-likeness (QED) is 0.444. The molecule has 4 heterocycles. The summed E-state index contributed by atoms with van der Waals surface area (Å²) < 4.78 is 30.8. The fraction of sp³-hybridized carbons (Fsp3) is 0.208. The van der Waals surface area contributed by atoms with Crippen LogP contribution in [-0.4, -0.2) is 28.9 Å². The summed E-state index contributed by atoms with van der Waals surface area (Å²) in [5.41, 5.74) is -0.241. The first-order valence-electron chi connectivity index (χ1n) is 10.6. The lowest BCUT2D eigenvalue weighted by molar-refractivity contribution is 0.477. The van der Waals surface area contributed by atoms with Gasteiger partial charge in [0.15, 0.2) is 5.84 Å². The molecule has 5 rings (SSSR count). The topological polar surface area (TPSA) is 114 Å². The first kappa shape index (κ1) is 22.3. The van der Waals surface area contributed by atoms with Crippen molar-refractivity contribution in [3.63, 3.8) is 0 Å². The van der Waals surface area contributed by atoms with Crippen molar-refractivity contribution in [1.82, 2.24) is 9.55 Å². The molecule has 1 aromatic carbocycles. The van der Waals surface area contributed by atoms with Gasteiger partial charge >= 0.3 is 0 Å². The molecule has 3 aromatic heterocycles. The molecular formula is C24H22N4O4S2. The number of amidine groups is 1. The SMILES string of the molecule is CC(C)(C)c1ccc(Cn2c(=O)c(C3=NS(=O)(=O)c4ccccc4N3)c(O)c3cccnc32)s1. The third kappa shape index (κ3) is 3.68. The first-order valence-corrected chi connectivity index (χ1v) is 12.8. The molecule has 0 saturated carbocycles. The van der Waals surface area contributed by atoms with Crippen LogP contribution in [0, 0.1) is 0 Å². The van der Waals surface area contributed by atoms with Gasteiger partial charge < -0.3 is 10.4 Å². The molecule has 1 aliphatic rings. The molecule has 34 heavy (non-hydrogen) atoms. The number of fused-ring (bicyclic) bond motifs is 2. The highest BCUT2D eigenvalue weighted by Crippen LogP contribution is 2.33. The van der Waals surface area contributed by atoms with Gasteiger partial charge in [-0.25, -0.2) is 4.98 Å². The van der Waals surface area contributed by atoms with Crippen LogP contribution in [0.3, 0.4) is 0 Å². The molecule has 0 amide bonds. The smallest absolute Gasteiger partial charge is 0.286 e. The van der Waals surface area contributed by atoms with E-state index in [1.165, 1.54) is 15.5 Å². The zero-order valence-corrected chi connectivity index (χ0v) is 20.4. The van der Waals surface area contributed by atoms with E-state index in [-0.39, 0.29) is 39.7 Å². The zero-order chi connectivity index (χ0) is 24.3. The number of aromatic nitrogens is 2. The van der Waals surface area contributed by atoms with E-state index in [0.717, 1.165) is 4.88 Å². The van der Waals surface area contributed by atoms with Crippen molar-refractivity contribution in [3.8, 4) is 5.75 Å². The fourth-order valence-electron chi connectivity index (χ4n) is 3.87. The number of nitrogens with zero attached hydrogens (tertiary/aromatic N) is 3. The lowest BCUT2D eigenvalue weighted by Gasteiger charge is -2.20. The van der Waals surface area contributed by atoms with E-state index in [1.54, 1.807) is 47.9 Å². The number of thiophene rings is 1. The zero-order valence-electron chi connectivity index (χ0n) is 18.7. The van der Waals surface area contributed by atoms with Gasteiger partial charge in [0.1, 0.15) is 21.9 Å². The molecule has 0 fully saturated rings.